The van der Waals surface area contributed by atoms with Crippen molar-refractivity contribution in [1.82, 2.24) is 4.72 Å². The maximum Gasteiger partial charge on any atom is 0.240 e. The lowest BCUT2D eigenvalue weighted by Gasteiger charge is -2.20. The highest BCUT2D eigenvalue weighted by Gasteiger charge is 2.28. The van der Waals surface area contributed by atoms with Crippen molar-refractivity contribution < 1.29 is 27.8 Å². The second-order valence-electron chi connectivity index (χ2n) is 4.86. The van der Waals surface area contributed by atoms with Crippen LogP contribution in [0.15, 0.2) is 29.2 Å². The lowest BCUT2D eigenvalue weighted by molar-refractivity contribution is -0.114. The number of hydrogen-bond acceptors (Lipinski definition) is 6. The highest BCUT2D eigenvalue weighted by molar-refractivity contribution is 7.89. The number of anilines is 1. The summed E-state index contributed by atoms with van der Waals surface area (Å²) in [5.41, 5.74) is 0.498. The Labute approximate surface area is 128 Å². The first-order chi connectivity index (χ1) is 10.4. The summed E-state index contributed by atoms with van der Waals surface area (Å²) in [6.07, 6.45) is -0.990. The fourth-order valence-corrected chi connectivity index (χ4v) is 3.18. The van der Waals surface area contributed by atoms with Gasteiger partial charge in [-0.1, -0.05) is 0 Å². The molecule has 1 heterocycles. The Morgan fingerprint density at radius 2 is 1.86 bits per heavy atom. The Balaban J connectivity index is 2.10. The second kappa shape index (κ2) is 7.16. The molecule has 0 spiro atoms. The quantitative estimate of drug-likeness (QED) is 0.696. The number of sulfonamides is 1. The highest BCUT2D eigenvalue weighted by Crippen LogP contribution is 2.15. The van der Waals surface area contributed by atoms with Gasteiger partial charge in [0.15, 0.2) is 0 Å². The van der Waals surface area contributed by atoms with E-state index in [1.165, 1.54) is 31.2 Å². The van der Waals surface area contributed by atoms with Crippen molar-refractivity contribution in [3.63, 3.8) is 0 Å². The second-order valence-corrected chi connectivity index (χ2v) is 6.57. The van der Waals surface area contributed by atoms with E-state index in [0.29, 0.717) is 5.69 Å². The zero-order valence-corrected chi connectivity index (χ0v) is 12.8. The molecule has 0 aromatic heterocycles. The van der Waals surface area contributed by atoms with Gasteiger partial charge in [0, 0.05) is 12.6 Å². The van der Waals surface area contributed by atoms with Crippen molar-refractivity contribution in [2.45, 2.75) is 24.0 Å². The van der Waals surface area contributed by atoms with Crippen LogP contribution in [0, 0.1) is 0 Å². The molecular weight excluding hydrogens is 312 g/mol. The molecule has 1 amide bonds. The zero-order chi connectivity index (χ0) is 16.2. The van der Waals surface area contributed by atoms with Crippen molar-refractivity contribution in [3.05, 3.63) is 24.3 Å². The molecule has 22 heavy (non-hydrogen) atoms. The van der Waals surface area contributed by atoms with Crippen molar-refractivity contribution in [2.75, 3.05) is 25.3 Å². The minimum Gasteiger partial charge on any atom is -0.389 e. The number of ether oxygens (including phenoxy) is 2. The third-order valence-corrected chi connectivity index (χ3v) is 4.51. The van der Waals surface area contributed by atoms with Crippen LogP contribution in [0.1, 0.15) is 6.92 Å². The largest absolute Gasteiger partial charge is 0.389 e. The third kappa shape index (κ3) is 4.49. The van der Waals surface area contributed by atoms with Crippen LogP contribution < -0.4 is 10.0 Å². The summed E-state index contributed by atoms with van der Waals surface area (Å²) in [5.74, 6) is -0.243. The maximum absolute atomic E-state index is 12.3. The lowest BCUT2D eigenvalue weighted by atomic mass is 10.2. The van der Waals surface area contributed by atoms with Crippen molar-refractivity contribution in [3.8, 4) is 0 Å². The van der Waals surface area contributed by atoms with Gasteiger partial charge < -0.3 is 19.9 Å². The van der Waals surface area contributed by atoms with E-state index < -0.39 is 22.2 Å². The molecular formula is C13H18N2O6S. The topological polar surface area (TPSA) is 114 Å². The molecule has 1 aliphatic rings. The number of aliphatic hydroxyl groups excluding tert-OH is 1. The van der Waals surface area contributed by atoms with Gasteiger partial charge in [-0.2, -0.15) is 0 Å². The first kappa shape index (κ1) is 16.8. The van der Waals surface area contributed by atoms with E-state index in [-0.39, 0.29) is 30.8 Å². The van der Waals surface area contributed by atoms with Gasteiger partial charge in [0.1, 0.15) is 6.79 Å². The fourth-order valence-electron chi connectivity index (χ4n) is 1.93. The van der Waals surface area contributed by atoms with Crippen LogP contribution in [-0.4, -0.2) is 51.6 Å². The SMILES string of the molecule is CC(=O)Nc1ccc(S(=O)(=O)N[C@H]2COCOC[C@@H]2O)cc1. The van der Waals surface area contributed by atoms with E-state index in [1.807, 2.05) is 0 Å². The van der Waals surface area contributed by atoms with E-state index in [2.05, 4.69) is 10.0 Å². The number of hydrogen-bond donors (Lipinski definition) is 3. The number of amides is 1. The normalized spacial score (nSPS) is 22.8. The number of rotatable bonds is 4. The molecule has 0 saturated carbocycles. The number of carbonyl (C=O) groups excluding carboxylic acids is 1. The Bertz CT molecular complexity index is 616. The number of benzene rings is 1. The fraction of sp³-hybridized carbons (Fsp3) is 0.462. The van der Waals surface area contributed by atoms with E-state index in [9.17, 15) is 18.3 Å². The number of carbonyl (C=O) groups is 1. The van der Waals surface area contributed by atoms with Gasteiger partial charge in [-0.25, -0.2) is 13.1 Å². The Morgan fingerprint density at radius 3 is 2.50 bits per heavy atom. The van der Waals surface area contributed by atoms with E-state index >= 15 is 0 Å². The van der Waals surface area contributed by atoms with Crippen LogP contribution >= 0.6 is 0 Å². The molecule has 1 saturated heterocycles. The van der Waals surface area contributed by atoms with Crippen LogP contribution in [0.3, 0.4) is 0 Å². The van der Waals surface area contributed by atoms with E-state index in [1.54, 1.807) is 0 Å². The molecule has 122 valence electrons. The van der Waals surface area contributed by atoms with Crippen LogP contribution in [0.5, 0.6) is 0 Å². The predicted molar refractivity (Wildman–Crippen MR) is 77.6 cm³/mol. The average Bonchev–Trinajstić information content (AvgIpc) is 2.64. The third-order valence-electron chi connectivity index (χ3n) is 3.01. The van der Waals surface area contributed by atoms with Crippen LogP contribution in [-0.2, 0) is 24.3 Å². The summed E-state index contributed by atoms with van der Waals surface area (Å²) in [6.45, 7) is 1.39. The lowest BCUT2D eigenvalue weighted by Crippen LogP contribution is -2.46. The van der Waals surface area contributed by atoms with Gasteiger partial charge in [-0.05, 0) is 24.3 Å². The first-order valence-electron chi connectivity index (χ1n) is 6.62. The summed E-state index contributed by atoms with van der Waals surface area (Å²) in [6, 6.07) is 4.92. The molecule has 8 nitrogen and oxygen atoms in total. The molecule has 1 aromatic rings. The van der Waals surface area contributed by atoms with Gasteiger partial charge >= 0.3 is 0 Å². The van der Waals surface area contributed by atoms with Gasteiger partial charge in [0.25, 0.3) is 0 Å². The van der Waals surface area contributed by atoms with Crippen LogP contribution in [0.4, 0.5) is 5.69 Å². The molecule has 2 atom stereocenters. The minimum absolute atomic E-state index is 0.00530. The predicted octanol–water partition coefficient (Wildman–Crippen LogP) is -0.343. The molecule has 0 bridgehead atoms. The van der Waals surface area contributed by atoms with E-state index in [0.717, 1.165) is 0 Å². The molecule has 1 aromatic carbocycles. The molecule has 1 aliphatic heterocycles. The zero-order valence-electron chi connectivity index (χ0n) is 12.0. The molecule has 0 radical (unpaired) electrons. The summed E-state index contributed by atoms with van der Waals surface area (Å²) in [5, 5.41) is 12.4. The molecule has 0 aliphatic carbocycles. The van der Waals surface area contributed by atoms with Crippen molar-refractivity contribution >= 4 is 21.6 Å². The van der Waals surface area contributed by atoms with E-state index in [4.69, 9.17) is 9.47 Å². The van der Waals surface area contributed by atoms with Gasteiger partial charge in [0.2, 0.25) is 15.9 Å². The molecule has 2 rings (SSSR count). The van der Waals surface area contributed by atoms with Crippen LogP contribution in [0.25, 0.3) is 0 Å². The summed E-state index contributed by atoms with van der Waals surface area (Å²) in [4.78, 5) is 11.0. The molecule has 3 N–H and O–H groups in total. The Morgan fingerprint density at radius 1 is 1.23 bits per heavy atom. The Kier molecular flexibility index (Phi) is 5.48. The van der Waals surface area contributed by atoms with Gasteiger partial charge in [-0.3, -0.25) is 4.79 Å². The van der Waals surface area contributed by atoms with Crippen molar-refractivity contribution in [2.24, 2.45) is 0 Å². The average molecular weight is 330 g/mol. The summed E-state index contributed by atoms with van der Waals surface area (Å²) >= 11 is 0. The smallest absolute Gasteiger partial charge is 0.240 e. The standard InChI is InChI=1S/C13H18N2O6S/c1-9(16)14-10-2-4-11(5-3-10)22(18,19)15-12-6-20-8-21-7-13(12)17/h2-5,12-13,15,17H,6-8H2,1H3,(H,14,16)/t12-,13-/m0/s1. The summed E-state index contributed by atoms with van der Waals surface area (Å²) in [7, 11) is -3.81. The number of aliphatic hydroxyl groups is 1. The highest BCUT2D eigenvalue weighted by atomic mass is 32.2. The van der Waals surface area contributed by atoms with Gasteiger partial charge in [-0.15, -0.1) is 0 Å². The minimum atomic E-state index is -3.81. The molecule has 0 unspecified atom stereocenters. The monoisotopic (exact) mass is 330 g/mol. The molecule has 1 fully saturated rings. The Hall–Kier alpha value is -1.52. The number of nitrogens with one attached hydrogen (secondary N) is 2. The first-order valence-corrected chi connectivity index (χ1v) is 8.10. The van der Waals surface area contributed by atoms with Gasteiger partial charge in [0.05, 0.1) is 30.3 Å². The van der Waals surface area contributed by atoms with Crippen LogP contribution in [0.2, 0.25) is 0 Å². The maximum atomic E-state index is 12.3. The summed E-state index contributed by atoms with van der Waals surface area (Å²) < 4.78 is 37.0. The molecule has 9 heteroatoms. The van der Waals surface area contributed by atoms with Crippen molar-refractivity contribution in [1.29, 1.82) is 0 Å².